The quantitative estimate of drug-likeness (QED) is 0.550. The highest BCUT2D eigenvalue weighted by Gasteiger charge is 2.29. The largest absolute Gasteiger partial charge is 0.349 e. The Balaban J connectivity index is 1.50. The Morgan fingerprint density at radius 2 is 1.67 bits per heavy atom. The Morgan fingerprint density at radius 3 is 2.30 bits per heavy atom. The molecule has 1 aliphatic rings. The number of amides is 1. The van der Waals surface area contributed by atoms with Gasteiger partial charge in [-0.15, -0.1) is 0 Å². The van der Waals surface area contributed by atoms with Crippen molar-refractivity contribution in [3.63, 3.8) is 0 Å². The van der Waals surface area contributed by atoms with Crippen molar-refractivity contribution in [3.05, 3.63) is 78.0 Å². The maximum absolute atomic E-state index is 13.3. The van der Waals surface area contributed by atoms with Crippen molar-refractivity contribution in [2.45, 2.75) is 38.8 Å². The van der Waals surface area contributed by atoms with Gasteiger partial charge in [-0.3, -0.25) is 9.48 Å². The van der Waals surface area contributed by atoms with E-state index in [1.807, 2.05) is 67.6 Å². The summed E-state index contributed by atoms with van der Waals surface area (Å²) in [4.78, 5) is 13.3. The molecular weight excluding hydrogens is 436 g/mol. The lowest BCUT2D eigenvalue weighted by Gasteiger charge is -2.31. The van der Waals surface area contributed by atoms with Crippen LogP contribution < -0.4 is 5.32 Å². The molecule has 1 aromatic heterocycles. The number of rotatable bonds is 8. The Bertz CT molecular complexity index is 1170. The van der Waals surface area contributed by atoms with Gasteiger partial charge in [0.1, 0.15) is 5.69 Å². The van der Waals surface area contributed by atoms with Gasteiger partial charge in [-0.2, -0.15) is 5.10 Å². The van der Waals surface area contributed by atoms with Gasteiger partial charge in [-0.25, -0.2) is 12.7 Å². The number of hydrogen-bond donors (Lipinski definition) is 1. The summed E-state index contributed by atoms with van der Waals surface area (Å²) >= 11 is 0. The zero-order chi connectivity index (χ0) is 23.3. The number of nitrogens with zero attached hydrogens (tertiary/aromatic N) is 3. The Morgan fingerprint density at radius 1 is 1.03 bits per heavy atom. The van der Waals surface area contributed by atoms with Gasteiger partial charge in [-0.05, 0) is 24.8 Å². The van der Waals surface area contributed by atoms with Crippen molar-refractivity contribution >= 4 is 15.9 Å². The van der Waals surface area contributed by atoms with Crippen LogP contribution in [0.2, 0.25) is 0 Å². The molecule has 1 fully saturated rings. The van der Waals surface area contributed by atoms with Crippen molar-refractivity contribution in [1.82, 2.24) is 19.4 Å². The molecule has 8 heteroatoms. The zero-order valence-electron chi connectivity index (χ0n) is 18.9. The third kappa shape index (κ3) is 5.69. The van der Waals surface area contributed by atoms with Crippen LogP contribution in [0.4, 0.5) is 0 Å². The molecular formula is C25H30N4O3S. The highest BCUT2D eigenvalue weighted by atomic mass is 32.2. The first-order valence-electron chi connectivity index (χ1n) is 11.4. The standard InChI is InChI=1S/C25H30N4O3S/c1-2-17-33(31,32)29-15-13-22(14-16-29)26-25(30)23-19-28(18-20-9-5-3-6-10-20)27-24(23)21-11-7-4-8-12-21/h3-12,19,22H,2,13-18H2,1H3,(H,26,30). The molecule has 1 N–H and O–H groups in total. The van der Waals surface area contributed by atoms with Crippen molar-refractivity contribution in [3.8, 4) is 11.3 Å². The fraction of sp³-hybridized carbons (Fsp3) is 0.360. The number of carbonyl (C=O) groups excluding carboxylic acids is 1. The third-order valence-corrected chi connectivity index (χ3v) is 7.96. The van der Waals surface area contributed by atoms with Gasteiger partial charge >= 0.3 is 0 Å². The summed E-state index contributed by atoms with van der Waals surface area (Å²) in [7, 11) is -3.20. The second-order valence-electron chi connectivity index (χ2n) is 8.40. The van der Waals surface area contributed by atoms with E-state index in [0.717, 1.165) is 11.1 Å². The molecule has 2 aromatic carbocycles. The van der Waals surface area contributed by atoms with Gasteiger partial charge in [-0.1, -0.05) is 67.6 Å². The second-order valence-corrected chi connectivity index (χ2v) is 10.5. The number of benzene rings is 2. The molecule has 1 amide bonds. The molecule has 4 rings (SSSR count). The average molecular weight is 467 g/mol. The summed E-state index contributed by atoms with van der Waals surface area (Å²) < 4.78 is 28.0. The Labute approximate surface area is 195 Å². The summed E-state index contributed by atoms with van der Waals surface area (Å²) in [6.45, 7) is 3.31. The normalized spacial score (nSPS) is 15.4. The first-order valence-corrected chi connectivity index (χ1v) is 13.0. The predicted molar refractivity (Wildman–Crippen MR) is 129 cm³/mol. The molecule has 7 nitrogen and oxygen atoms in total. The maximum Gasteiger partial charge on any atom is 0.255 e. The van der Waals surface area contributed by atoms with Crippen molar-refractivity contribution < 1.29 is 13.2 Å². The average Bonchev–Trinajstić information content (AvgIpc) is 3.25. The van der Waals surface area contributed by atoms with Crippen molar-refractivity contribution in [2.24, 2.45) is 0 Å². The van der Waals surface area contributed by atoms with Crippen LogP contribution in [-0.2, 0) is 16.6 Å². The molecule has 0 aliphatic carbocycles. The van der Waals surface area contributed by atoms with Gasteiger partial charge in [0.05, 0.1) is 17.9 Å². The van der Waals surface area contributed by atoms with E-state index in [9.17, 15) is 13.2 Å². The summed E-state index contributed by atoms with van der Waals surface area (Å²) in [6.07, 6.45) is 3.61. The van der Waals surface area contributed by atoms with Gasteiger partial charge in [0, 0.05) is 30.9 Å². The van der Waals surface area contributed by atoms with Gasteiger partial charge in [0.25, 0.3) is 5.91 Å². The van der Waals surface area contributed by atoms with Crippen LogP contribution in [0.1, 0.15) is 42.1 Å². The van der Waals surface area contributed by atoms with Crippen LogP contribution in [0.25, 0.3) is 11.3 Å². The van der Waals surface area contributed by atoms with E-state index in [4.69, 9.17) is 5.10 Å². The van der Waals surface area contributed by atoms with E-state index in [0.29, 0.717) is 50.2 Å². The van der Waals surface area contributed by atoms with E-state index < -0.39 is 10.0 Å². The van der Waals surface area contributed by atoms with E-state index in [2.05, 4.69) is 5.32 Å². The molecule has 1 aliphatic heterocycles. The minimum Gasteiger partial charge on any atom is -0.349 e. The molecule has 33 heavy (non-hydrogen) atoms. The number of aromatic nitrogens is 2. The van der Waals surface area contributed by atoms with Crippen LogP contribution in [-0.4, -0.2) is 53.3 Å². The minimum absolute atomic E-state index is 0.0633. The fourth-order valence-electron chi connectivity index (χ4n) is 4.18. The number of sulfonamides is 1. The molecule has 0 saturated carbocycles. The summed E-state index contributed by atoms with van der Waals surface area (Å²) in [5, 5.41) is 7.84. The monoisotopic (exact) mass is 466 g/mol. The molecule has 3 aromatic rings. The highest BCUT2D eigenvalue weighted by Crippen LogP contribution is 2.23. The lowest BCUT2D eigenvalue weighted by Crippen LogP contribution is -2.47. The smallest absolute Gasteiger partial charge is 0.255 e. The molecule has 0 radical (unpaired) electrons. The van der Waals surface area contributed by atoms with Crippen molar-refractivity contribution in [2.75, 3.05) is 18.8 Å². The Hall–Kier alpha value is -2.97. The Kier molecular flexibility index (Phi) is 7.25. The summed E-state index contributed by atoms with van der Waals surface area (Å²) in [5.41, 5.74) is 3.16. The molecule has 174 valence electrons. The topological polar surface area (TPSA) is 84.3 Å². The van der Waals surface area contributed by atoms with Crippen LogP contribution in [0.5, 0.6) is 0 Å². The first-order chi connectivity index (χ1) is 16.0. The lowest BCUT2D eigenvalue weighted by molar-refractivity contribution is 0.0924. The molecule has 2 heterocycles. The number of piperidine rings is 1. The second kappa shape index (κ2) is 10.3. The number of hydrogen-bond acceptors (Lipinski definition) is 4. The van der Waals surface area contributed by atoms with Crippen molar-refractivity contribution in [1.29, 1.82) is 0 Å². The molecule has 0 unspecified atom stereocenters. The van der Waals surface area contributed by atoms with E-state index in [1.165, 1.54) is 0 Å². The SMILES string of the molecule is CCCS(=O)(=O)N1CCC(NC(=O)c2cn(Cc3ccccc3)nc2-c2ccccc2)CC1. The van der Waals surface area contributed by atoms with Crippen LogP contribution >= 0.6 is 0 Å². The lowest BCUT2D eigenvalue weighted by atomic mass is 10.0. The third-order valence-electron chi connectivity index (χ3n) is 5.89. The summed E-state index contributed by atoms with van der Waals surface area (Å²) in [5.74, 6) is -0.00606. The minimum atomic E-state index is -3.20. The van der Waals surface area contributed by atoms with Crippen LogP contribution in [0.15, 0.2) is 66.9 Å². The first kappa shape index (κ1) is 23.2. The van der Waals surface area contributed by atoms with E-state index in [-0.39, 0.29) is 17.7 Å². The van der Waals surface area contributed by atoms with Gasteiger partial charge in [0.15, 0.2) is 0 Å². The molecule has 0 bridgehead atoms. The molecule has 0 spiro atoms. The number of carbonyl (C=O) groups is 1. The van der Waals surface area contributed by atoms with Gasteiger partial charge in [0.2, 0.25) is 10.0 Å². The maximum atomic E-state index is 13.3. The van der Waals surface area contributed by atoms with Crippen LogP contribution in [0, 0.1) is 0 Å². The van der Waals surface area contributed by atoms with E-state index >= 15 is 0 Å². The van der Waals surface area contributed by atoms with Crippen LogP contribution in [0.3, 0.4) is 0 Å². The zero-order valence-corrected chi connectivity index (χ0v) is 19.7. The number of nitrogens with one attached hydrogen (secondary N) is 1. The molecule has 1 saturated heterocycles. The summed E-state index contributed by atoms with van der Waals surface area (Å²) in [6, 6.07) is 19.6. The fourth-order valence-corrected chi connectivity index (χ4v) is 5.72. The molecule has 0 atom stereocenters. The van der Waals surface area contributed by atoms with E-state index in [1.54, 1.807) is 15.2 Å². The predicted octanol–water partition coefficient (Wildman–Crippen LogP) is 3.53. The van der Waals surface area contributed by atoms with Gasteiger partial charge < -0.3 is 5.32 Å². The highest BCUT2D eigenvalue weighted by molar-refractivity contribution is 7.89.